The highest BCUT2D eigenvalue weighted by Gasteiger charge is 2.32. The average Bonchev–Trinajstić information content (AvgIpc) is 3.60. The second-order valence-corrected chi connectivity index (χ2v) is 10.6. The van der Waals surface area contributed by atoms with E-state index in [1.807, 2.05) is 11.0 Å². The van der Waals surface area contributed by atoms with Gasteiger partial charge in [0.05, 0.1) is 5.92 Å². The molecule has 1 unspecified atom stereocenters. The van der Waals surface area contributed by atoms with Crippen molar-refractivity contribution in [3.63, 3.8) is 0 Å². The molecule has 3 aliphatic heterocycles. The molecular weight excluding hydrogens is 493 g/mol. The van der Waals surface area contributed by atoms with Crippen molar-refractivity contribution < 1.29 is 18.7 Å². The Bertz CT molecular complexity index is 1250. The molecule has 1 amide bonds. The van der Waals surface area contributed by atoms with Crippen LogP contribution in [-0.2, 0) is 17.8 Å². The number of ether oxygens (including phenoxy) is 2. The molecule has 2 aromatic carbocycles. The van der Waals surface area contributed by atoms with E-state index in [4.69, 9.17) is 14.5 Å². The first-order chi connectivity index (χ1) is 18.1. The molecule has 37 heavy (non-hydrogen) atoms. The summed E-state index contributed by atoms with van der Waals surface area (Å²) in [5, 5.41) is 0.864. The quantitative estimate of drug-likeness (QED) is 0.489. The molecule has 0 N–H and O–H groups in total. The third-order valence-electron chi connectivity index (χ3n) is 7.30. The molecule has 0 saturated carbocycles. The fraction of sp³-hybridized carbons (Fsp3) is 0.444. The van der Waals surface area contributed by atoms with Crippen LogP contribution in [0.25, 0.3) is 0 Å². The molecule has 194 valence electrons. The number of hydrogen-bond donors (Lipinski definition) is 0. The normalized spacial score (nSPS) is 19.9. The Labute approximate surface area is 219 Å². The van der Waals surface area contributed by atoms with Gasteiger partial charge in [-0.05, 0) is 48.2 Å². The van der Waals surface area contributed by atoms with Gasteiger partial charge in [-0.25, -0.2) is 9.37 Å². The van der Waals surface area contributed by atoms with E-state index >= 15 is 0 Å². The van der Waals surface area contributed by atoms with Crippen LogP contribution in [0.1, 0.15) is 29.8 Å². The number of rotatable bonds is 6. The molecule has 3 aliphatic rings. The number of fused-ring (bicyclic) bond motifs is 1. The smallest absolute Gasteiger partial charge is 0.231 e. The van der Waals surface area contributed by atoms with Crippen LogP contribution < -0.4 is 14.4 Å². The first kappa shape index (κ1) is 24.1. The van der Waals surface area contributed by atoms with Gasteiger partial charge in [0.15, 0.2) is 11.5 Å². The number of hydrogen-bond acceptors (Lipinski definition) is 8. The van der Waals surface area contributed by atoms with Crippen molar-refractivity contribution in [2.75, 3.05) is 51.0 Å². The standard InChI is InChI=1S/C27H30FN5O3S/c28-22-6-3-19(4-7-22)15-25-29-27(37-30-25)33-9-1-2-21(17-33)26(34)32-12-10-31(11-13-32)16-20-5-8-23-24(14-20)36-18-35-23/h3-8,14,21H,1-2,9-13,15-18H2. The summed E-state index contributed by atoms with van der Waals surface area (Å²) < 4.78 is 28.6. The first-order valence-electron chi connectivity index (χ1n) is 12.8. The second-order valence-electron chi connectivity index (χ2n) is 9.87. The lowest BCUT2D eigenvalue weighted by atomic mass is 9.96. The van der Waals surface area contributed by atoms with Gasteiger partial charge in [0.2, 0.25) is 17.8 Å². The molecule has 4 heterocycles. The van der Waals surface area contributed by atoms with Crippen LogP contribution in [0.4, 0.5) is 9.52 Å². The third kappa shape index (κ3) is 5.55. The van der Waals surface area contributed by atoms with E-state index in [0.717, 1.165) is 80.1 Å². The first-order valence-corrected chi connectivity index (χ1v) is 13.6. The van der Waals surface area contributed by atoms with Gasteiger partial charge in [-0.15, -0.1) is 0 Å². The number of aromatic nitrogens is 2. The van der Waals surface area contributed by atoms with Gasteiger partial charge in [-0.3, -0.25) is 9.69 Å². The van der Waals surface area contributed by atoms with Crippen molar-refractivity contribution in [3.8, 4) is 11.5 Å². The van der Waals surface area contributed by atoms with Crippen molar-refractivity contribution in [2.24, 2.45) is 5.92 Å². The topological polar surface area (TPSA) is 71.0 Å². The fourth-order valence-corrected chi connectivity index (χ4v) is 5.98. The van der Waals surface area contributed by atoms with Gasteiger partial charge in [0, 0.05) is 63.8 Å². The maximum atomic E-state index is 13.4. The summed E-state index contributed by atoms with van der Waals surface area (Å²) in [5.41, 5.74) is 2.18. The maximum absolute atomic E-state index is 13.4. The highest BCUT2D eigenvalue weighted by molar-refractivity contribution is 7.09. The van der Waals surface area contributed by atoms with Crippen molar-refractivity contribution in [1.82, 2.24) is 19.2 Å². The van der Waals surface area contributed by atoms with E-state index in [-0.39, 0.29) is 24.4 Å². The number of anilines is 1. The number of carbonyl (C=O) groups is 1. The van der Waals surface area contributed by atoms with Crippen LogP contribution in [0, 0.1) is 11.7 Å². The predicted molar refractivity (Wildman–Crippen MR) is 138 cm³/mol. The number of piperazine rings is 1. The second kappa shape index (κ2) is 10.6. The Kier molecular flexibility index (Phi) is 6.93. The molecule has 0 bridgehead atoms. The molecule has 0 radical (unpaired) electrons. The zero-order valence-electron chi connectivity index (χ0n) is 20.6. The van der Waals surface area contributed by atoms with Gasteiger partial charge in [0.1, 0.15) is 11.6 Å². The molecule has 0 aliphatic carbocycles. The Hall–Kier alpha value is -3.24. The summed E-state index contributed by atoms with van der Waals surface area (Å²) in [7, 11) is 0. The fourth-order valence-electron chi connectivity index (χ4n) is 5.26. The summed E-state index contributed by atoms with van der Waals surface area (Å²) in [5.74, 6) is 2.34. The summed E-state index contributed by atoms with van der Waals surface area (Å²) in [6, 6.07) is 12.5. The minimum Gasteiger partial charge on any atom is -0.454 e. The van der Waals surface area contributed by atoms with Crippen LogP contribution in [0.5, 0.6) is 11.5 Å². The van der Waals surface area contributed by atoms with Crippen molar-refractivity contribution in [2.45, 2.75) is 25.8 Å². The molecule has 1 atom stereocenters. The van der Waals surface area contributed by atoms with Crippen LogP contribution in [-0.4, -0.2) is 71.1 Å². The highest BCUT2D eigenvalue weighted by atomic mass is 32.1. The molecule has 10 heteroatoms. The molecule has 6 rings (SSSR count). The number of piperidine rings is 1. The zero-order valence-corrected chi connectivity index (χ0v) is 21.5. The molecule has 8 nitrogen and oxygen atoms in total. The summed E-state index contributed by atoms with van der Waals surface area (Å²) in [4.78, 5) is 24.7. The van der Waals surface area contributed by atoms with Crippen LogP contribution in [0.2, 0.25) is 0 Å². The minimum absolute atomic E-state index is 0.0152. The van der Waals surface area contributed by atoms with Crippen LogP contribution in [0.15, 0.2) is 42.5 Å². The van der Waals surface area contributed by atoms with E-state index in [1.165, 1.54) is 29.2 Å². The molecule has 2 fully saturated rings. The monoisotopic (exact) mass is 523 g/mol. The number of nitrogens with zero attached hydrogens (tertiary/aromatic N) is 5. The van der Waals surface area contributed by atoms with Gasteiger partial charge in [0.25, 0.3) is 0 Å². The summed E-state index contributed by atoms with van der Waals surface area (Å²) in [6.45, 7) is 5.92. The van der Waals surface area contributed by atoms with E-state index < -0.39 is 0 Å². The van der Waals surface area contributed by atoms with Gasteiger partial charge in [-0.1, -0.05) is 18.2 Å². The average molecular weight is 524 g/mol. The number of amides is 1. The van der Waals surface area contributed by atoms with Gasteiger partial charge in [-0.2, -0.15) is 4.37 Å². The Morgan fingerprint density at radius 3 is 2.62 bits per heavy atom. The molecule has 3 aromatic rings. The van der Waals surface area contributed by atoms with Gasteiger partial charge >= 0.3 is 0 Å². The van der Waals surface area contributed by atoms with Gasteiger partial charge < -0.3 is 19.3 Å². The van der Waals surface area contributed by atoms with E-state index in [1.54, 1.807) is 12.1 Å². The van der Waals surface area contributed by atoms with E-state index in [9.17, 15) is 9.18 Å². The predicted octanol–water partition coefficient (Wildman–Crippen LogP) is 3.56. The van der Waals surface area contributed by atoms with E-state index in [0.29, 0.717) is 13.0 Å². The van der Waals surface area contributed by atoms with Crippen molar-refractivity contribution in [3.05, 3.63) is 65.2 Å². The lowest BCUT2D eigenvalue weighted by molar-refractivity contribution is -0.137. The molecule has 2 saturated heterocycles. The van der Waals surface area contributed by atoms with E-state index in [2.05, 4.69) is 26.3 Å². The number of halogens is 1. The third-order valence-corrected chi connectivity index (χ3v) is 8.12. The largest absolute Gasteiger partial charge is 0.454 e. The number of carbonyl (C=O) groups excluding carboxylic acids is 1. The minimum atomic E-state index is -0.245. The Balaban J connectivity index is 1.01. The SMILES string of the molecule is O=C(C1CCCN(c2nc(Cc3ccc(F)cc3)ns2)C1)N1CCN(Cc2ccc3c(c2)OCO3)CC1. The van der Waals surface area contributed by atoms with Crippen molar-refractivity contribution >= 4 is 22.6 Å². The molecule has 0 spiro atoms. The maximum Gasteiger partial charge on any atom is 0.231 e. The lowest BCUT2D eigenvalue weighted by Crippen LogP contribution is -2.52. The zero-order chi connectivity index (χ0) is 25.2. The lowest BCUT2D eigenvalue weighted by Gasteiger charge is -2.39. The van der Waals surface area contributed by atoms with Crippen LogP contribution in [0.3, 0.4) is 0 Å². The van der Waals surface area contributed by atoms with Crippen molar-refractivity contribution in [1.29, 1.82) is 0 Å². The molecule has 1 aromatic heterocycles. The Morgan fingerprint density at radius 2 is 1.78 bits per heavy atom. The number of benzene rings is 2. The summed E-state index contributed by atoms with van der Waals surface area (Å²) in [6.07, 6.45) is 2.45. The molecular formula is C27H30FN5O3S. The Morgan fingerprint density at radius 1 is 1.00 bits per heavy atom. The van der Waals surface area contributed by atoms with Crippen LogP contribution >= 0.6 is 11.5 Å². The highest BCUT2D eigenvalue weighted by Crippen LogP contribution is 2.33. The summed E-state index contributed by atoms with van der Waals surface area (Å²) >= 11 is 1.38.